The Morgan fingerprint density at radius 3 is 2.43 bits per heavy atom. The van der Waals surface area contributed by atoms with Crippen molar-refractivity contribution in [3.63, 3.8) is 0 Å². The number of allylic oxidation sites excluding steroid dienone is 1. The van der Waals surface area contributed by atoms with Gasteiger partial charge in [0.2, 0.25) is 0 Å². The molecule has 0 saturated heterocycles. The molecule has 1 aliphatic rings. The summed E-state index contributed by atoms with van der Waals surface area (Å²) in [6.45, 7) is 2.07. The Kier molecular flexibility index (Phi) is 5.07. The number of benzene rings is 3. The lowest BCUT2D eigenvalue weighted by Crippen LogP contribution is -2.25. The lowest BCUT2D eigenvalue weighted by atomic mass is 9.79. The molecule has 0 heterocycles. The molecule has 3 aromatic rings. The zero-order valence-electron chi connectivity index (χ0n) is 15.8. The molecular formula is C25H22O3. The largest absolute Gasteiger partial charge is 0.463 e. The molecule has 1 aliphatic carbocycles. The summed E-state index contributed by atoms with van der Waals surface area (Å²) < 4.78 is 5.25. The fourth-order valence-electron chi connectivity index (χ4n) is 4.14. The Morgan fingerprint density at radius 1 is 0.929 bits per heavy atom. The van der Waals surface area contributed by atoms with Crippen LogP contribution in [0.1, 0.15) is 35.2 Å². The van der Waals surface area contributed by atoms with Crippen LogP contribution in [0, 0.1) is 5.92 Å². The molecule has 140 valence electrons. The van der Waals surface area contributed by atoms with Gasteiger partial charge in [0.1, 0.15) is 0 Å². The van der Waals surface area contributed by atoms with Crippen molar-refractivity contribution in [1.29, 1.82) is 0 Å². The lowest BCUT2D eigenvalue weighted by molar-refractivity contribution is -0.138. The van der Waals surface area contributed by atoms with E-state index in [1.165, 1.54) is 0 Å². The van der Waals surface area contributed by atoms with E-state index in [0.717, 1.165) is 16.3 Å². The van der Waals surface area contributed by atoms with E-state index in [1.54, 1.807) is 6.92 Å². The number of esters is 1. The normalized spacial score (nSPS) is 18.7. The highest BCUT2D eigenvalue weighted by atomic mass is 16.5. The summed E-state index contributed by atoms with van der Waals surface area (Å²) in [5.74, 6) is -1.04. The first kappa shape index (κ1) is 18.2. The highest BCUT2D eigenvalue weighted by Crippen LogP contribution is 2.44. The summed E-state index contributed by atoms with van der Waals surface area (Å²) in [6.07, 6.45) is 2.53. The van der Waals surface area contributed by atoms with Crippen LogP contribution in [-0.2, 0) is 9.53 Å². The minimum Gasteiger partial charge on any atom is -0.463 e. The fraction of sp³-hybridized carbons (Fsp3) is 0.200. The quantitative estimate of drug-likeness (QED) is 0.451. The summed E-state index contributed by atoms with van der Waals surface area (Å²) in [4.78, 5) is 26.0. The van der Waals surface area contributed by atoms with Crippen LogP contribution in [0.2, 0.25) is 0 Å². The van der Waals surface area contributed by atoms with Gasteiger partial charge < -0.3 is 4.74 Å². The first-order valence-corrected chi connectivity index (χ1v) is 9.64. The molecule has 0 bridgehead atoms. The van der Waals surface area contributed by atoms with Crippen LogP contribution in [0.15, 0.2) is 84.4 Å². The van der Waals surface area contributed by atoms with E-state index in [-0.39, 0.29) is 17.7 Å². The van der Waals surface area contributed by atoms with Crippen molar-refractivity contribution >= 4 is 22.5 Å². The molecule has 4 rings (SSSR count). The second kappa shape index (κ2) is 7.81. The molecule has 28 heavy (non-hydrogen) atoms. The number of fused-ring (bicyclic) bond motifs is 1. The second-order valence-corrected chi connectivity index (χ2v) is 7.00. The minimum atomic E-state index is -0.535. The smallest absolute Gasteiger partial charge is 0.334 e. The van der Waals surface area contributed by atoms with E-state index in [9.17, 15) is 9.59 Å². The van der Waals surface area contributed by atoms with Gasteiger partial charge in [0.15, 0.2) is 5.78 Å². The topological polar surface area (TPSA) is 43.4 Å². The lowest BCUT2D eigenvalue weighted by Gasteiger charge is -2.23. The zero-order valence-corrected chi connectivity index (χ0v) is 15.8. The van der Waals surface area contributed by atoms with Gasteiger partial charge in [0.05, 0.1) is 12.5 Å². The van der Waals surface area contributed by atoms with Gasteiger partial charge in [-0.1, -0.05) is 78.9 Å². The van der Waals surface area contributed by atoms with Crippen LogP contribution in [-0.4, -0.2) is 18.4 Å². The van der Waals surface area contributed by atoms with Gasteiger partial charge in [-0.2, -0.15) is 0 Å². The Balaban J connectivity index is 1.80. The molecule has 2 atom stereocenters. The van der Waals surface area contributed by atoms with Crippen molar-refractivity contribution in [2.24, 2.45) is 5.92 Å². The Bertz CT molecular complexity index is 1040. The molecular weight excluding hydrogens is 348 g/mol. The van der Waals surface area contributed by atoms with Gasteiger partial charge in [0, 0.05) is 17.1 Å². The van der Waals surface area contributed by atoms with E-state index in [1.807, 2.05) is 54.6 Å². The number of carbonyl (C=O) groups excluding carboxylic acids is 2. The van der Waals surface area contributed by atoms with Crippen LogP contribution in [0.5, 0.6) is 0 Å². The highest BCUT2D eigenvalue weighted by molar-refractivity contribution is 6.07. The minimum absolute atomic E-state index is 0.0321. The maximum absolute atomic E-state index is 13.4. The van der Waals surface area contributed by atoms with E-state index in [4.69, 9.17) is 4.74 Å². The SMILES string of the molecule is CCOC(=O)C1=CC[C@H](c2cccc3ccccc23)[C@H]1C(=O)c1ccccc1. The monoisotopic (exact) mass is 370 g/mol. The molecule has 0 N–H and O–H groups in total. The van der Waals surface area contributed by atoms with Crippen LogP contribution >= 0.6 is 0 Å². The zero-order chi connectivity index (χ0) is 19.5. The van der Waals surface area contributed by atoms with Crippen molar-refractivity contribution < 1.29 is 14.3 Å². The van der Waals surface area contributed by atoms with Crippen molar-refractivity contribution in [2.45, 2.75) is 19.3 Å². The average molecular weight is 370 g/mol. The summed E-state index contributed by atoms with van der Waals surface area (Å²) in [5.41, 5.74) is 2.20. The van der Waals surface area contributed by atoms with Crippen LogP contribution < -0.4 is 0 Å². The second-order valence-electron chi connectivity index (χ2n) is 7.00. The number of Topliss-reactive ketones (excluding diaryl/α,β-unsaturated/α-hetero) is 1. The number of hydrogen-bond acceptors (Lipinski definition) is 3. The third-order valence-electron chi connectivity index (χ3n) is 5.40. The van der Waals surface area contributed by atoms with Gasteiger partial charge >= 0.3 is 5.97 Å². The van der Waals surface area contributed by atoms with Crippen molar-refractivity contribution in [3.05, 3.63) is 95.6 Å². The molecule has 3 heteroatoms. The van der Waals surface area contributed by atoms with Gasteiger partial charge in [-0.3, -0.25) is 4.79 Å². The third kappa shape index (κ3) is 3.24. The Labute approximate surface area is 164 Å². The summed E-state index contributed by atoms with van der Waals surface area (Å²) in [5, 5.41) is 2.26. The molecule has 3 nitrogen and oxygen atoms in total. The number of ether oxygens (including phenoxy) is 1. The molecule has 0 fully saturated rings. The fourth-order valence-corrected chi connectivity index (χ4v) is 4.14. The molecule has 0 aromatic heterocycles. The molecule has 3 aromatic carbocycles. The van der Waals surface area contributed by atoms with Crippen molar-refractivity contribution in [2.75, 3.05) is 6.61 Å². The van der Waals surface area contributed by atoms with Gasteiger partial charge in [-0.15, -0.1) is 0 Å². The molecule has 0 radical (unpaired) electrons. The number of hydrogen-bond donors (Lipinski definition) is 0. The molecule has 0 saturated carbocycles. The average Bonchev–Trinajstić information content (AvgIpc) is 3.18. The van der Waals surface area contributed by atoms with E-state index in [0.29, 0.717) is 24.2 Å². The highest BCUT2D eigenvalue weighted by Gasteiger charge is 2.40. The maximum Gasteiger partial charge on any atom is 0.334 e. The van der Waals surface area contributed by atoms with E-state index >= 15 is 0 Å². The predicted octanol–water partition coefficient (Wildman–Crippen LogP) is 5.32. The number of carbonyl (C=O) groups is 2. The summed E-state index contributed by atoms with van der Waals surface area (Å²) in [6, 6.07) is 23.5. The predicted molar refractivity (Wildman–Crippen MR) is 110 cm³/mol. The first-order chi connectivity index (χ1) is 13.7. The van der Waals surface area contributed by atoms with Gasteiger partial charge in [-0.05, 0) is 29.7 Å². The van der Waals surface area contributed by atoms with Crippen LogP contribution in [0.25, 0.3) is 10.8 Å². The van der Waals surface area contributed by atoms with Crippen molar-refractivity contribution in [3.8, 4) is 0 Å². The van der Waals surface area contributed by atoms with Crippen molar-refractivity contribution in [1.82, 2.24) is 0 Å². The molecule has 0 amide bonds. The Morgan fingerprint density at radius 2 is 1.64 bits per heavy atom. The molecule has 0 aliphatic heterocycles. The Hall–Kier alpha value is -3.20. The summed E-state index contributed by atoms with van der Waals surface area (Å²) in [7, 11) is 0. The first-order valence-electron chi connectivity index (χ1n) is 9.64. The maximum atomic E-state index is 13.4. The van der Waals surface area contributed by atoms with E-state index < -0.39 is 5.92 Å². The number of ketones is 1. The third-order valence-corrected chi connectivity index (χ3v) is 5.40. The molecule has 0 spiro atoms. The van der Waals surface area contributed by atoms with Crippen LogP contribution in [0.3, 0.4) is 0 Å². The van der Waals surface area contributed by atoms with E-state index in [2.05, 4.69) is 24.3 Å². The van der Waals surface area contributed by atoms with Crippen LogP contribution in [0.4, 0.5) is 0 Å². The number of rotatable bonds is 5. The summed E-state index contributed by atoms with van der Waals surface area (Å²) >= 11 is 0. The van der Waals surface area contributed by atoms with Gasteiger partial charge in [-0.25, -0.2) is 4.79 Å². The molecule has 0 unspecified atom stereocenters. The standard InChI is InChI=1S/C25H22O3/c1-2-28-25(27)22-16-15-21(23(22)24(26)18-10-4-3-5-11-18)20-14-8-12-17-9-6-7-13-19(17)20/h3-14,16,21,23H,2,15H2,1H3/t21-,23-/m1/s1. The van der Waals surface area contributed by atoms with Gasteiger partial charge in [0.25, 0.3) is 0 Å².